The summed E-state index contributed by atoms with van der Waals surface area (Å²) in [6.45, 7) is 0. The van der Waals surface area contributed by atoms with Gasteiger partial charge in [0.1, 0.15) is 11.4 Å². The largest absolute Gasteiger partial charge is 0.464 e. The van der Waals surface area contributed by atoms with Crippen LogP contribution in [0, 0.1) is 0 Å². The molecule has 17 heavy (non-hydrogen) atoms. The van der Waals surface area contributed by atoms with Gasteiger partial charge in [0.2, 0.25) is 0 Å². The van der Waals surface area contributed by atoms with Crippen LogP contribution in [0.2, 0.25) is 0 Å². The summed E-state index contributed by atoms with van der Waals surface area (Å²) in [6.07, 6.45) is 2.16. The van der Waals surface area contributed by atoms with Gasteiger partial charge in [0.05, 0.1) is 6.26 Å². The lowest BCUT2D eigenvalue weighted by atomic mass is 10.1. The minimum atomic E-state index is -1.62. The van der Waals surface area contributed by atoms with Crippen LogP contribution >= 0.6 is 15.9 Å². The van der Waals surface area contributed by atoms with Crippen molar-refractivity contribution in [1.29, 1.82) is 0 Å². The maximum absolute atomic E-state index is 10.9. The van der Waals surface area contributed by atoms with Crippen LogP contribution in [0.25, 0.3) is 11.0 Å². The van der Waals surface area contributed by atoms with Gasteiger partial charge in [-0.1, -0.05) is 15.9 Å². The molecule has 1 unspecified atom stereocenters. The number of furan rings is 1. The highest BCUT2D eigenvalue weighted by molar-refractivity contribution is 9.10. The molecule has 1 atom stereocenters. The summed E-state index contributed by atoms with van der Waals surface area (Å²) in [5, 5.41) is 1.00. The van der Waals surface area contributed by atoms with E-state index in [1.54, 1.807) is 6.26 Å². The number of hydrogen-bond donors (Lipinski definition) is 1. The predicted molar refractivity (Wildman–Crippen MR) is 67.4 cm³/mol. The lowest BCUT2D eigenvalue weighted by Crippen LogP contribution is -2.18. The standard InChI is InChI=1S/C10H7BrN2O3S/c11-7-1-2-9-8(4-7)6(5-15-9)3-10-12-16-17(14)13-10/h1-2,4-5H,3H2,(H,12,13). The summed E-state index contributed by atoms with van der Waals surface area (Å²) in [4.78, 5) is 0. The summed E-state index contributed by atoms with van der Waals surface area (Å²) >= 11 is 1.80. The molecule has 0 aliphatic carbocycles. The van der Waals surface area contributed by atoms with Crippen LogP contribution in [0.1, 0.15) is 5.56 Å². The van der Waals surface area contributed by atoms with Gasteiger partial charge in [0.15, 0.2) is 0 Å². The van der Waals surface area contributed by atoms with Gasteiger partial charge in [-0.05, 0) is 18.2 Å². The first-order chi connectivity index (χ1) is 8.22. The molecule has 88 valence electrons. The zero-order valence-corrected chi connectivity index (χ0v) is 10.9. The van der Waals surface area contributed by atoms with E-state index in [2.05, 4.69) is 30.1 Å². The van der Waals surface area contributed by atoms with Crippen LogP contribution in [-0.2, 0) is 22.0 Å². The van der Waals surface area contributed by atoms with Crippen molar-refractivity contribution in [3.05, 3.63) is 34.5 Å². The van der Waals surface area contributed by atoms with E-state index in [1.165, 1.54) is 0 Å². The fraction of sp³-hybridized carbons (Fsp3) is 0.100. The predicted octanol–water partition coefficient (Wildman–Crippen LogP) is 2.25. The molecule has 0 fully saturated rings. The number of rotatable bonds is 2. The number of hydroxylamine groups is 1. The Morgan fingerprint density at radius 2 is 2.35 bits per heavy atom. The maximum atomic E-state index is 10.9. The highest BCUT2D eigenvalue weighted by Crippen LogP contribution is 2.25. The molecule has 3 rings (SSSR count). The lowest BCUT2D eigenvalue weighted by molar-refractivity contribution is 0.303. The van der Waals surface area contributed by atoms with E-state index in [1.807, 2.05) is 18.2 Å². The molecule has 7 heteroatoms. The van der Waals surface area contributed by atoms with Crippen molar-refractivity contribution in [3.8, 4) is 0 Å². The average Bonchev–Trinajstić information content (AvgIpc) is 2.87. The van der Waals surface area contributed by atoms with Crippen LogP contribution in [0.15, 0.2) is 37.7 Å². The van der Waals surface area contributed by atoms with Gasteiger partial charge in [-0.3, -0.25) is 0 Å². The molecule has 2 heterocycles. The summed E-state index contributed by atoms with van der Waals surface area (Å²) in [5.41, 5.74) is 4.30. The molecule has 0 bridgehead atoms. The fourth-order valence-electron chi connectivity index (χ4n) is 1.65. The second kappa shape index (κ2) is 4.25. The van der Waals surface area contributed by atoms with Crippen molar-refractivity contribution >= 4 is 44.0 Å². The Labute approximate surface area is 108 Å². The summed E-state index contributed by atoms with van der Waals surface area (Å²) in [7, 11) is 0. The quantitative estimate of drug-likeness (QED) is 0.923. The molecule has 1 aromatic carbocycles. The average molecular weight is 315 g/mol. The normalized spacial score (nSPS) is 19.4. The topological polar surface area (TPSA) is 63.8 Å². The molecule has 0 saturated heterocycles. The number of nitrogens with one attached hydrogen (secondary N) is 1. The smallest absolute Gasteiger partial charge is 0.309 e. The minimum Gasteiger partial charge on any atom is -0.464 e. The SMILES string of the molecule is O=S1N=C(Cc2coc3ccc(Br)cc23)NO1. The molecule has 0 radical (unpaired) electrons. The molecular weight excluding hydrogens is 308 g/mol. The Hall–Kier alpha value is -1.18. The number of fused-ring (bicyclic) bond motifs is 1. The summed E-state index contributed by atoms with van der Waals surface area (Å²) in [5.74, 6) is 0.533. The van der Waals surface area contributed by atoms with Crippen molar-refractivity contribution in [2.75, 3.05) is 0 Å². The van der Waals surface area contributed by atoms with Crippen molar-refractivity contribution in [2.45, 2.75) is 6.42 Å². The first kappa shape index (κ1) is 10.9. The molecule has 1 aliphatic rings. The highest BCUT2D eigenvalue weighted by Gasteiger charge is 2.16. The maximum Gasteiger partial charge on any atom is 0.309 e. The third-order valence-electron chi connectivity index (χ3n) is 2.39. The van der Waals surface area contributed by atoms with Crippen LogP contribution in [-0.4, -0.2) is 10.0 Å². The van der Waals surface area contributed by atoms with Gasteiger partial charge >= 0.3 is 11.3 Å². The van der Waals surface area contributed by atoms with E-state index in [9.17, 15) is 4.21 Å². The Morgan fingerprint density at radius 3 is 3.12 bits per heavy atom. The highest BCUT2D eigenvalue weighted by atomic mass is 79.9. The number of hydrogen-bond acceptors (Lipinski definition) is 4. The second-order valence-corrected chi connectivity index (χ2v) is 5.22. The van der Waals surface area contributed by atoms with Gasteiger partial charge in [-0.15, -0.1) is 4.40 Å². The zero-order valence-electron chi connectivity index (χ0n) is 8.47. The monoisotopic (exact) mass is 314 g/mol. The molecule has 0 amide bonds. The van der Waals surface area contributed by atoms with Gasteiger partial charge in [0, 0.05) is 21.8 Å². The summed E-state index contributed by atoms with van der Waals surface area (Å²) in [6, 6.07) is 5.78. The van der Waals surface area contributed by atoms with Crippen LogP contribution in [0.4, 0.5) is 0 Å². The van der Waals surface area contributed by atoms with Crippen LogP contribution in [0.5, 0.6) is 0 Å². The fourth-order valence-corrected chi connectivity index (χ4v) is 2.50. The third kappa shape index (κ3) is 2.13. The van der Waals surface area contributed by atoms with E-state index in [-0.39, 0.29) is 0 Å². The summed E-state index contributed by atoms with van der Waals surface area (Å²) < 4.78 is 25.7. The van der Waals surface area contributed by atoms with Gasteiger partial charge in [0.25, 0.3) is 0 Å². The van der Waals surface area contributed by atoms with Crippen molar-refractivity contribution < 1.29 is 12.9 Å². The van der Waals surface area contributed by atoms with Gasteiger partial charge < -0.3 is 4.42 Å². The van der Waals surface area contributed by atoms with Crippen molar-refractivity contribution in [2.24, 2.45) is 4.40 Å². The lowest BCUT2D eigenvalue weighted by Gasteiger charge is -1.97. The van der Waals surface area contributed by atoms with E-state index in [4.69, 9.17) is 4.42 Å². The van der Waals surface area contributed by atoms with Gasteiger partial charge in [-0.25, -0.2) is 9.69 Å². The molecule has 2 aromatic rings. The number of halogens is 1. The van der Waals surface area contributed by atoms with Crippen LogP contribution < -0.4 is 5.48 Å². The molecule has 1 aromatic heterocycles. The molecule has 1 N–H and O–H groups in total. The minimum absolute atomic E-state index is 0.495. The Kier molecular flexibility index (Phi) is 2.73. The van der Waals surface area contributed by atoms with Crippen molar-refractivity contribution in [3.63, 3.8) is 0 Å². The van der Waals surface area contributed by atoms with Crippen LogP contribution in [0.3, 0.4) is 0 Å². The van der Waals surface area contributed by atoms with E-state index in [0.29, 0.717) is 12.3 Å². The molecule has 5 nitrogen and oxygen atoms in total. The first-order valence-electron chi connectivity index (χ1n) is 4.81. The van der Waals surface area contributed by atoms with E-state index in [0.717, 1.165) is 21.0 Å². The third-order valence-corrected chi connectivity index (χ3v) is 3.48. The molecule has 1 aliphatic heterocycles. The number of amidine groups is 1. The van der Waals surface area contributed by atoms with Gasteiger partial charge in [-0.2, -0.15) is 4.28 Å². The zero-order chi connectivity index (χ0) is 11.8. The Bertz CT molecular complexity index is 638. The first-order valence-corrected chi connectivity index (χ1v) is 6.63. The van der Waals surface area contributed by atoms with Crippen molar-refractivity contribution in [1.82, 2.24) is 5.48 Å². The molecule has 0 spiro atoms. The number of nitrogens with zero attached hydrogens (tertiary/aromatic N) is 1. The Balaban J connectivity index is 1.98. The molecular formula is C10H7BrN2O3S. The van der Waals surface area contributed by atoms with E-state index >= 15 is 0 Å². The molecule has 0 saturated carbocycles. The Morgan fingerprint density at radius 1 is 1.47 bits per heavy atom. The van der Waals surface area contributed by atoms with E-state index < -0.39 is 11.3 Å². The second-order valence-electron chi connectivity index (χ2n) is 3.52. The number of benzene rings is 1.